The lowest BCUT2D eigenvalue weighted by atomic mass is 10.2. The SMILES string of the molecule is CCC(=O)c1sc(NCCn2cc(C)cn2)cc1N. The second kappa shape index (κ2) is 5.88. The van der Waals surface area contributed by atoms with Gasteiger partial charge in [-0.1, -0.05) is 6.92 Å². The molecular formula is C13H18N4OS. The van der Waals surface area contributed by atoms with Crippen molar-refractivity contribution in [3.63, 3.8) is 0 Å². The van der Waals surface area contributed by atoms with Crippen molar-refractivity contribution in [2.45, 2.75) is 26.8 Å². The summed E-state index contributed by atoms with van der Waals surface area (Å²) in [4.78, 5) is 12.3. The first-order valence-electron chi connectivity index (χ1n) is 6.25. The lowest BCUT2D eigenvalue weighted by Gasteiger charge is -2.03. The molecule has 0 saturated heterocycles. The topological polar surface area (TPSA) is 72.9 Å². The lowest BCUT2D eigenvalue weighted by molar-refractivity contribution is 0.0993. The van der Waals surface area contributed by atoms with Crippen LogP contribution in [0.15, 0.2) is 18.5 Å². The highest BCUT2D eigenvalue weighted by atomic mass is 32.1. The number of nitrogen functional groups attached to an aromatic ring is 1. The van der Waals surface area contributed by atoms with E-state index in [1.54, 1.807) is 0 Å². The quantitative estimate of drug-likeness (QED) is 0.796. The Balaban J connectivity index is 1.91. The van der Waals surface area contributed by atoms with Gasteiger partial charge >= 0.3 is 0 Å². The highest BCUT2D eigenvalue weighted by Gasteiger charge is 2.12. The molecule has 19 heavy (non-hydrogen) atoms. The highest BCUT2D eigenvalue weighted by Crippen LogP contribution is 2.30. The summed E-state index contributed by atoms with van der Waals surface area (Å²) >= 11 is 1.42. The fraction of sp³-hybridized carbons (Fsp3) is 0.385. The van der Waals surface area contributed by atoms with E-state index in [2.05, 4.69) is 10.4 Å². The van der Waals surface area contributed by atoms with Gasteiger partial charge in [-0.25, -0.2) is 0 Å². The molecule has 0 aliphatic rings. The molecular weight excluding hydrogens is 260 g/mol. The van der Waals surface area contributed by atoms with E-state index in [-0.39, 0.29) is 5.78 Å². The van der Waals surface area contributed by atoms with Crippen LogP contribution in [0.1, 0.15) is 28.6 Å². The zero-order valence-electron chi connectivity index (χ0n) is 11.1. The maximum atomic E-state index is 11.6. The standard InChI is InChI=1S/C13H18N4OS/c1-3-11(18)13-10(14)6-12(19-13)15-4-5-17-8-9(2)7-16-17/h6-8,15H,3-5,14H2,1-2H3. The van der Waals surface area contributed by atoms with Gasteiger partial charge in [0.15, 0.2) is 5.78 Å². The van der Waals surface area contributed by atoms with Crippen LogP contribution >= 0.6 is 11.3 Å². The summed E-state index contributed by atoms with van der Waals surface area (Å²) in [6.07, 6.45) is 4.31. The molecule has 0 radical (unpaired) electrons. The van der Waals surface area contributed by atoms with Crippen LogP contribution in [0, 0.1) is 6.92 Å². The number of nitrogens with two attached hydrogens (primary N) is 1. The van der Waals surface area contributed by atoms with Crippen LogP contribution in [0.4, 0.5) is 10.7 Å². The molecule has 2 heterocycles. The van der Waals surface area contributed by atoms with Gasteiger partial charge in [0, 0.05) is 19.2 Å². The van der Waals surface area contributed by atoms with Crippen molar-refractivity contribution >= 4 is 27.8 Å². The second-order valence-corrected chi connectivity index (χ2v) is 5.43. The summed E-state index contributed by atoms with van der Waals surface area (Å²) in [5, 5.41) is 8.41. The third-order valence-electron chi connectivity index (χ3n) is 2.74. The molecule has 0 amide bonds. The number of Topliss-reactive ketones (excluding diaryl/α,β-unsaturated/α-hetero) is 1. The van der Waals surface area contributed by atoms with E-state index in [4.69, 9.17) is 5.73 Å². The Morgan fingerprint density at radius 2 is 2.37 bits per heavy atom. The minimum atomic E-state index is 0.0956. The van der Waals surface area contributed by atoms with Crippen molar-refractivity contribution in [1.82, 2.24) is 9.78 Å². The Hall–Kier alpha value is -1.82. The van der Waals surface area contributed by atoms with Crippen molar-refractivity contribution in [3.05, 3.63) is 28.9 Å². The summed E-state index contributed by atoms with van der Waals surface area (Å²) in [6.45, 7) is 5.39. The van der Waals surface area contributed by atoms with Gasteiger partial charge in [-0.2, -0.15) is 5.10 Å². The maximum Gasteiger partial charge on any atom is 0.174 e. The molecule has 0 aromatic carbocycles. The van der Waals surface area contributed by atoms with Gasteiger partial charge < -0.3 is 11.1 Å². The zero-order valence-corrected chi connectivity index (χ0v) is 12.0. The van der Waals surface area contributed by atoms with Crippen molar-refractivity contribution < 1.29 is 4.79 Å². The number of rotatable bonds is 6. The number of nitrogens with one attached hydrogen (secondary N) is 1. The van der Waals surface area contributed by atoms with Crippen LogP contribution < -0.4 is 11.1 Å². The first kappa shape index (κ1) is 13.6. The molecule has 0 saturated carbocycles. The number of aromatic nitrogens is 2. The molecule has 102 valence electrons. The first-order chi connectivity index (χ1) is 9.10. The van der Waals surface area contributed by atoms with E-state index < -0.39 is 0 Å². The molecule has 0 atom stereocenters. The number of carbonyl (C=O) groups excluding carboxylic acids is 1. The molecule has 0 aliphatic heterocycles. The Morgan fingerprint density at radius 3 is 3.00 bits per heavy atom. The Bertz CT molecular complexity index is 573. The number of carbonyl (C=O) groups is 1. The lowest BCUT2D eigenvalue weighted by Crippen LogP contribution is -2.09. The van der Waals surface area contributed by atoms with Gasteiger partial charge in [-0.3, -0.25) is 9.48 Å². The van der Waals surface area contributed by atoms with E-state index in [0.717, 1.165) is 23.7 Å². The van der Waals surface area contributed by atoms with Crippen molar-refractivity contribution in [3.8, 4) is 0 Å². The van der Waals surface area contributed by atoms with Gasteiger partial charge in [-0.05, 0) is 18.6 Å². The van der Waals surface area contributed by atoms with E-state index in [1.807, 2.05) is 37.0 Å². The Morgan fingerprint density at radius 1 is 1.58 bits per heavy atom. The molecule has 5 nitrogen and oxygen atoms in total. The summed E-state index contributed by atoms with van der Waals surface area (Å²) in [7, 11) is 0. The third-order valence-corrected chi connectivity index (χ3v) is 3.89. The van der Waals surface area contributed by atoms with Crippen LogP contribution in [-0.2, 0) is 6.54 Å². The summed E-state index contributed by atoms with van der Waals surface area (Å²) in [5.41, 5.74) is 7.55. The molecule has 0 bridgehead atoms. The molecule has 6 heteroatoms. The largest absolute Gasteiger partial charge is 0.397 e. The predicted molar refractivity (Wildman–Crippen MR) is 78.8 cm³/mol. The number of hydrogen-bond acceptors (Lipinski definition) is 5. The van der Waals surface area contributed by atoms with E-state index in [9.17, 15) is 4.79 Å². The van der Waals surface area contributed by atoms with Gasteiger partial charge in [0.2, 0.25) is 0 Å². The summed E-state index contributed by atoms with van der Waals surface area (Å²) in [6, 6.07) is 1.82. The number of anilines is 2. The second-order valence-electron chi connectivity index (χ2n) is 4.38. The Labute approximate surface area is 116 Å². The predicted octanol–water partition coefficient (Wildman–Crippen LogP) is 2.54. The molecule has 0 spiro atoms. The zero-order chi connectivity index (χ0) is 13.8. The molecule has 0 fully saturated rings. The minimum Gasteiger partial charge on any atom is -0.397 e. The molecule has 2 aromatic rings. The average Bonchev–Trinajstić information content (AvgIpc) is 2.95. The van der Waals surface area contributed by atoms with E-state index in [1.165, 1.54) is 11.3 Å². The van der Waals surface area contributed by atoms with Crippen LogP contribution in [0.25, 0.3) is 0 Å². The first-order valence-corrected chi connectivity index (χ1v) is 7.07. The molecule has 2 rings (SSSR count). The van der Waals surface area contributed by atoms with Gasteiger partial charge in [0.25, 0.3) is 0 Å². The van der Waals surface area contributed by atoms with Crippen molar-refractivity contribution in [2.75, 3.05) is 17.6 Å². The van der Waals surface area contributed by atoms with Crippen LogP contribution in [0.2, 0.25) is 0 Å². The van der Waals surface area contributed by atoms with Crippen LogP contribution in [0.3, 0.4) is 0 Å². The smallest absolute Gasteiger partial charge is 0.174 e. The van der Waals surface area contributed by atoms with E-state index in [0.29, 0.717) is 17.0 Å². The summed E-state index contributed by atoms with van der Waals surface area (Å²) in [5.74, 6) is 0.0956. The fourth-order valence-corrected chi connectivity index (χ4v) is 2.77. The molecule has 0 aliphatic carbocycles. The van der Waals surface area contributed by atoms with Crippen LogP contribution in [0.5, 0.6) is 0 Å². The number of hydrogen-bond donors (Lipinski definition) is 2. The number of thiophene rings is 1. The maximum absolute atomic E-state index is 11.6. The molecule has 2 aromatic heterocycles. The third kappa shape index (κ3) is 3.35. The molecule has 3 N–H and O–H groups in total. The average molecular weight is 278 g/mol. The van der Waals surface area contributed by atoms with E-state index >= 15 is 0 Å². The fourth-order valence-electron chi connectivity index (χ4n) is 1.75. The summed E-state index contributed by atoms with van der Waals surface area (Å²) < 4.78 is 1.89. The number of ketones is 1. The monoisotopic (exact) mass is 278 g/mol. The van der Waals surface area contributed by atoms with Crippen LogP contribution in [-0.4, -0.2) is 22.1 Å². The number of nitrogens with zero attached hydrogens (tertiary/aromatic N) is 2. The van der Waals surface area contributed by atoms with Gasteiger partial charge in [0.05, 0.1) is 28.3 Å². The highest BCUT2D eigenvalue weighted by molar-refractivity contribution is 7.18. The number of aryl methyl sites for hydroxylation is 1. The van der Waals surface area contributed by atoms with Gasteiger partial charge in [0.1, 0.15) is 0 Å². The minimum absolute atomic E-state index is 0.0956. The molecule has 0 unspecified atom stereocenters. The Kier molecular flexibility index (Phi) is 4.21. The van der Waals surface area contributed by atoms with Gasteiger partial charge in [-0.15, -0.1) is 11.3 Å². The normalized spacial score (nSPS) is 10.6. The van der Waals surface area contributed by atoms with Crippen molar-refractivity contribution in [2.24, 2.45) is 0 Å². The van der Waals surface area contributed by atoms with Crippen molar-refractivity contribution in [1.29, 1.82) is 0 Å².